The van der Waals surface area contributed by atoms with Crippen molar-refractivity contribution in [2.24, 2.45) is 10.9 Å². The van der Waals surface area contributed by atoms with Gasteiger partial charge in [0.25, 0.3) is 5.91 Å². The van der Waals surface area contributed by atoms with Crippen LogP contribution in [0.4, 0.5) is 11.4 Å². The molecule has 6 heteroatoms. The van der Waals surface area contributed by atoms with Gasteiger partial charge < -0.3 is 0 Å². The molecule has 3 atom stereocenters. The normalized spacial score (nSPS) is 20.5. The predicted molar refractivity (Wildman–Crippen MR) is 158 cm³/mol. The second-order valence-electron chi connectivity index (χ2n) is 10.2. The van der Waals surface area contributed by atoms with Crippen LogP contribution in [0.5, 0.6) is 0 Å². The Morgan fingerprint density at radius 1 is 0.821 bits per heavy atom. The number of hydrogen-bond acceptors (Lipinski definition) is 3. The molecule has 2 aliphatic rings. The van der Waals surface area contributed by atoms with Gasteiger partial charge in [-0.3, -0.25) is 19.5 Å². The van der Waals surface area contributed by atoms with E-state index < -0.39 is 12.0 Å². The summed E-state index contributed by atoms with van der Waals surface area (Å²) in [6, 6.07) is 29.7. The fraction of sp³-hybridized carbons (Fsp3) is 0.182. The van der Waals surface area contributed by atoms with Gasteiger partial charge in [0.05, 0.1) is 33.9 Å². The third-order valence-corrected chi connectivity index (χ3v) is 8.37. The fourth-order valence-electron chi connectivity index (χ4n) is 5.83. The number of para-hydroxylation sites is 2. The zero-order valence-corrected chi connectivity index (χ0v) is 22.9. The molecule has 4 nitrogen and oxygen atoms in total. The lowest BCUT2D eigenvalue weighted by Crippen LogP contribution is -2.45. The van der Waals surface area contributed by atoms with Crippen LogP contribution in [-0.2, 0) is 4.79 Å². The van der Waals surface area contributed by atoms with Crippen LogP contribution in [0.15, 0.2) is 102 Å². The lowest BCUT2D eigenvalue weighted by atomic mass is 9.72. The lowest BCUT2D eigenvalue weighted by Gasteiger charge is -2.39. The van der Waals surface area contributed by atoms with Gasteiger partial charge in [-0.25, -0.2) is 0 Å². The second kappa shape index (κ2) is 10.4. The number of Topliss-reactive ketones (excluding diaryl/α,β-unsaturated/α-hetero) is 1. The number of nitrogens with zero attached hydrogens (tertiary/aromatic N) is 2. The van der Waals surface area contributed by atoms with E-state index in [1.165, 1.54) is 0 Å². The Bertz CT molecular complexity index is 1610. The summed E-state index contributed by atoms with van der Waals surface area (Å²) in [6.45, 7) is 2.02. The van der Waals surface area contributed by atoms with Crippen molar-refractivity contribution in [3.8, 4) is 0 Å². The van der Waals surface area contributed by atoms with E-state index in [-0.39, 0.29) is 17.6 Å². The molecule has 0 bridgehead atoms. The van der Waals surface area contributed by atoms with Gasteiger partial charge in [-0.2, -0.15) is 0 Å². The minimum Gasteiger partial charge on any atom is -0.299 e. The van der Waals surface area contributed by atoms with Crippen LogP contribution >= 0.6 is 23.2 Å². The number of benzene rings is 4. The van der Waals surface area contributed by atoms with Crippen LogP contribution in [0.1, 0.15) is 51.8 Å². The number of carbonyl (C=O) groups excluding carboxylic acids is 2. The molecule has 0 spiro atoms. The number of carbonyl (C=O) groups is 2. The maximum Gasteiger partial charge on any atom is 0.260 e. The molecule has 1 amide bonds. The molecule has 0 unspecified atom stereocenters. The van der Waals surface area contributed by atoms with E-state index in [9.17, 15) is 9.59 Å². The monoisotopic (exact) mass is 552 g/mol. The zero-order valence-electron chi connectivity index (χ0n) is 21.4. The highest BCUT2D eigenvalue weighted by atomic mass is 35.5. The van der Waals surface area contributed by atoms with Crippen molar-refractivity contribution in [3.05, 3.63) is 129 Å². The number of anilines is 1. The maximum absolute atomic E-state index is 14.4. The number of hydrogen-bond donors (Lipinski definition) is 0. The first-order valence-corrected chi connectivity index (χ1v) is 13.8. The Morgan fingerprint density at radius 3 is 2.23 bits per heavy atom. The average molecular weight is 553 g/mol. The maximum atomic E-state index is 14.4. The second-order valence-corrected chi connectivity index (χ2v) is 11.0. The molecular weight excluding hydrogens is 527 g/mol. The van der Waals surface area contributed by atoms with Crippen molar-refractivity contribution in [2.45, 2.75) is 31.7 Å². The number of fused-ring (bicyclic) bond motifs is 2. The van der Waals surface area contributed by atoms with Gasteiger partial charge in [-0.15, -0.1) is 0 Å². The molecule has 0 aromatic heterocycles. The molecule has 4 aromatic carbocycles. The van der Waals surface area contributed by atoms with Gasteiger partial charge in [0.1, 0.15) is 5.78 Å². The highest BCUT2D eigenvalue weighted by Crippen LogP contribution is 2.48. The van der Waals surface area contributed by atoms with E-state index in [1.54, 1.807) is 29.2 Å². The van der Waals surface area contributed by atoms with Gasteiger partial charge in [-0.05, 0) is 60.7 Å². The number of rotatable bonds is 3. The molecule has 1 heterocycles. The molecular formula is C33H26Cl2N2O2. The van der Waals surface area contributed by atoms with E-state index in [0.717, 1.165) is 22.4 Å². The molecule has 0 radical (unpaired) electrons. The third-order valence-electron chi connectivity index (χ3n) is 7.70. The fourth-order valence-corrected chi connectivity index (χ4v) is 6.33. The van der Waals surface area contributed by atoms with Crippen molar-refractivity contribution in [3.63, 3.8) is 0 Å². The third kappa shape index (κ3) is 4.69. The molecule has 194 valence electrons. The Balaban J connectivity index is 1.55. The molecule has 1 aliphatic carbocycles. The van der Waals surface area contributed by atoms with Gasteiger partial charge in [0, 0.05) is 17.2 Å². The summed E-state index contributed by atoms with van der Waals surface area (Å²) in [5.41, 5.74) is 5.37. The quantitative estimate of drug-likeness (QED) is 0.255. The van der Waals surface area contributed by atoms with Crippen LogP contribution < -0.4 is 4.90 Å². The first-order valence-electron chi connectivity index (χ1n) is 13.0. The Kier molecular flexibility index (Phi) is 6.84. The van der Waals surface area contributed by atoms with E-state index in [4.69, 9.17) is 28.2 Å². The number of amides is 1. The minimum absolute atomic E-state index is 0.0419. The number of aliphatic imine (C=N–C) groups is 1. The number of ketones is 1. The van der Waals surface area contributed by atoms with E-state index in [2.05, 4.69) is 0 Å². The summed E-state index contributed by atoms with van der Waals surface area (Å²) >= 11 is 13.1. The van der Waals surface area contributed by atoms with Crippen molar-refractivity contribution in [2.75, 3.05) is 4.90 Å². The van der Waals surface area contributed by atoms with E-state index in [1.807, 2.05) is 79.7 Å². The van der Waals surface area contributed by atoms with Gasteiger partial charge in [0.15, 0.2) is 0 Å². The molecule has 4 aromatic rings. The van der Waals surface area contributed by atoms with Crippen molar-refractivity contribution in [1.82, 2.24) is 0 Å². The van der Waals surface area contributed by atoms with Crippen LogP contribution in [0, 0.1) is 12.8 Å². The Hall–Kier alpha value is -3.73. The predicted octanol–water partition coefficient (Wildman–Crippen LogP) is 8.54. The molecule has 0 saturated heterocycles. The van der Waals surface area contributed by atoms with Crippen LogP contribution in [0.2, 0.25) is 10.0 Å². The van der Waals surface area contributed by atoms with Crippen LogP contribution in [-0.4, -0.2) is 17.4 Å². The Labute approximate surface area is 237 Å². The largest absolute Gasteiger partial charge is 0.299 e. The molecule has 1 aliphatic heterocycles. The summed E-state index contributed by atoms with van der Waals surface area (Å²) in [6.07, 6.45) is 0.894. The standard InChI is InChI=1S/C33H26Cl2N2O2/c1-20-14-16-21(17-15-20)32-31-28(18-22(19-30(31)38)23-8-2-4-10-25(23)34)36-27-12-6-7-13-29(27)37(32)33(39)24-9-3-5-11-26(24)35/h2-17,22,31-32H,18-19H2,1H3/t22-,31+,32-/m0/s1. The highest BCUT2D eigenvalue weighted by molar-refractivity contribution is 6.34. The molecule has 39 heavy (non-hydrogen) atoms. The SMILES string of the molecule is Cc1ccc([C@H]2[C@H]3C(=O)C[C@@H](c4ccccc4Cl)CC3=Nc3ccccc3N2C(=O)c2ccccc2Cl)cc1. The Morgan fingerprint density at radius 2 is 1.49 bits per heavy atom. The van der Waals surface area contributed by atoms with Gasteiger partial charge in [0.2, 0.25) is 0 Å². The highest BCUT2D eigenvalue weighted by Gasteiger charge is 2.46. The molecule has 1 fully saturated rings. The summed E-state index contributed by atoms with van der Waals surface area (Å²) in [4.78, 5) is 35.3. The number of aryl methyl sites for hydroxylation is 1. The van der Waals surface area contributed by atoms with Crippen LogP contribution in [0.3, 0.4) is 0 Å². The number of halogens is 2. The van der Waals surface area contributed by atoms with E-state index >= 15 is 0 Å². The zero-order chi connectivity index (χ0) is 27.1. The summed E-state index contributed by atoms with van der Waals surface area (Å²) in [7, 11) is 0. The first kappa shape index (κ1) is 25.5. The molecule has 0 N–H and O–H groups in total. The summed E-state index contributed by atoms with van der Waals surface area (Å²) in [5, 5.41) is 1.01. The van der Waals surface area contributed by atoms with Gasteiger partial charge in [-0.1, -0.05) is 95.5 Å². The van der Waals surface area contributed by atoms with Crippen molar-refractivity contribution >= 4 is 52.0 Å². The van der Waals surface area contributed by atoms with Crippen molar-refractivity contribution in [1.29, 1.82) is 0 Å². The first-order chi connectivity index (χ1) is 18.9. The molecule has 6 rings (SSSR count). The lowest BCUT2D eigenvalue weighted by molar-refractivity contribution is -0.122. The average Bonchev–Trinajstić information content (AvgIpc) is 3.08. The smallest absolute Gasteiger partial charge is 0.260 e. The topological polar surface area (TPSA) is 49.7 Å². The van der Waals surface area contributed by atoms with E-state index in [0.29, 0.717) is 39.8 Å². The summed E-state index contributed by atoms with van der Waals surface area (Å²) < 4.78 is 0. The molecule has 1 saturated carbocycles. The van der Waals surface area contributed by atoms with Gasteiger partial charge >= 0.3 is 0 Å². The summed E-state index contributed by atoms with van der Waals surface area (Å²) in [5.74, 6) is -0.917. The van der Waals surface area contributed by atoms with Crippen molar-refractivity contribution < 1.29 is 9.59 Å². The minimum atomic E-state index is -0.606. The van der Waals surface area contributed by atoms with Crippen LogP contribution in [0.25, 0.3) is 0 Å².